The molecule has 0 bridgehead atoms. The van der Waals surface area contributed by atoms with Gasteiger partial charge in [-0.25, -0.2) is 0 Å². The summed E-state index contributed by atoms with van der Waals surface area (Å²) < 4.78 is 37.4. The summed E-state index contributed by atoms with van der Waals surface area (Å²) in [6.07, 6.45) is 0.0864. The van der Waals surface area contributed by atoms with E-state index in [1.165, 1.54) is 12.1 Å². The SMILES string of the molecule is N#CC(C#N)(Cc1ccc(C(F)(F)F)cc1)C1C=CC1. The Morgan fingerprint density at radius 2 is 1.65 bits per heavy atom. The van der Waals surface area contributed by atoms with E-state index in [4.69, 9.17) is 0 Å². The van der Waals surface area contributed by atoms with Gasteiger partial charge in [0.1, 0.15) is 0 Å². The van der Waals surface area contributed by atoms with Crippen molar-refractivity contribution in [2.75, 3.05) is 0 Å². The summed E-state index contributed by atoms with van der Waals surface area (Å²) in [5.41, 5.74) is -1.38. The van der Waals surface area contributed by atoms with E-state index in [1.807, 2.05) is 18.2 Å². The molecule has 1 atom stereocenters. The maximum atomic E-state index is 12.5. The van der Waals surface area contributed by atoms with Crippen LogP contribution in [0.25, 0.3) is 0 Å². The van der Waals surface area contributed by atoms with Gasteiger partial charge < -0.3 is 0 Å². The number of hydrogen-bond donors (Lipinski definition) is 0. The highest BCUT2D eigenvalue weighted by atomic mass is 19.4. The molecule has 0 saturated heterocycles. The topological polar surface area (TPSA) is 47.6 Å². The van der Waals surface area contributed by atoms with Gasteiger partial charge in [-0.3, -0.25) is 0 Å². The minimum absolute atomic E-state index is 0.132. The molecule has 1 aromatic rings. The Morgan fingerprint density at radius 1 is 1.10 bits per heavy atom. The van der Waals surface area contributed by atoms with E-state index in [0.717, 1.165) is 12.1 Å². The van der Waals surface area contributed by atoms with E-state index < -0.39 is 17.2 Å². The fraction of sp³-hybridized carbons (Fsp3) is 0.333. The molecule has 102 valence electrons. The molecular weight excluding hydrogens is 265 g/mol. The van der Waals surface area contributed by atoms with Crippen molar-refractivity contribution >= 4 is 0 Å². The first-order chi connectivity index (χ1) is 9.41. The summed E-state index contributed by atoms with van der Waals surface area (Å²) in [4.78, 5) is 0. The molecule has 0 aliphatic heterocycles. The van der Waals surface area contributed by atoms with Crippen molar-refractivity contribution in [3.8, 4) is 12.1 Å². The van der Waals surface area contributed by atoms with E-state index in [0.29, 0.717) is 12.0 Å². The second-order valence-electron chi connectivity index (χ2n) is 4.84. The Labute approximate surface area is 114 Å². The zero-order chi connectivity index (χ0) is 14.8. The van der Waals surface area contributed by atoms with Gasteiger partial charge in [0.2, 0.25) is 0 Å². The second kappa shape index (κ2) is 5.02. The lowest BCUT2D eigenvalue weighted by atomic mass is 9.68. The largest absolute Gasteiger partial charge is 0.416 e. The number of hydrogen-bond acceptors (Lipinski definition) is 2. The van der Waals surface area contributed by atoms with E-state index in [1.54, 1.807) is 6.08 Å². The zero-order valence-electron chi connectivity index (χ0n) is 10.5. The van der Waals surface area contributed by atoms with Crippen molar-refractivity contribution in [1.29, 1.82) is 10.5 Å². The smallest absolute Gasteiger partial charge is 0.197 e. The molecule has 0 fully saturated rings. The van der Waals surface area contributed by atoms with Crippen molar-refractivity contribution in [1.82, 2.24) is 0 Å². The van der Waals surface area contributed by atoms with E-state index >= 15 is 0 Å². The highest BCUT2D eigenvalue weighted by molar-refractivity contribution is 5.32. The molecule has 2 nitrogen and oxygen atoms in total. The number of halogens is 3. The van der Waals surface area contributed by atoms with Crippen LogP contribution in [0.5, 0.6) is 0 Å². The lowest BCUT2D eigenvalue weighted by Crippen LogP contribution is -2.31. The third kappa shape index (κ3) is 2.53. The minimum Gasteiger partial charge on any atom is -0.197 e. The molecule has 0 heterocycles. The number of allylic oxidation sites excluding steroid dienone is 2. The van der Waals surface area contributed by atoms with Crippen LogP contribution in [0.3, 0.4) is 0 Å². The summed E-state index contributed by atoms with van der Waals surface area (Å²) in [6.45, 7) is 0. The van der Waals surface area contributed by atoms with E-state index in [-0.39, 0.29) is 12.3 Å². The van der Waals surface area contributed by atoms with Gasteiger partial charge in [-0.2, -0.15) is 23.7 Å². The first-order valence-corrected chi connectivity index (χ1v) is 6.06. The van der Waals surface area contributed by atoms with Crippen molar-refractivity contribution in [2.45, 2.75) is 19.0 Å². The zero-order valence-corrected chi connectivity index (χ0v) is 10.5. The summed E-state index contributed by atoms with van der Waals surface area (Å²) >= 11 is 0. The molecule has 0 spiro atoms. The molecule has 5 heteroatoms. The minimum atomic E-state index is -4.38. The monoisotopic (exact) mass is 276 g/mol. The van der Waals surface area contributed by atoms with E-state index in [2.05, 4.69) is 0 Å². The molecule has 2 rings (SSSR count). The van der Waals surface area contributed by atoms with Crippen LogP contribution in [0.2, 0.25) is 0 Å². The Hall–Kier alpha value is -2.27. The fourth-order valence-corrected chi connectivity index (χ4v) is 2.17. The molecular formula is C15H11F3N2. The normalized spacial score (nSPS) is 17.9. The second-order valence-corrected chi connectivity index (χ2v) is 4.84. The molecule has 0 aromatic heterocycles. The third-order valence-electron chi connectivity index (χ3n) is 3.55. The number of nitrogens with zero attached hydrogens (tertiary/aromatic N) is 2. The van der Waals surface area contributed by atoms with Crippen molar-refractivity contribution in [3.63, 3.8) is 0 Å². The first kappa shape index (κ1) is 14.1. The molecule has 0 saturated carbocycles. The van der Waals surface area contributed by atoms with Gasteiger partial charge in [0.25, 0.3) is 0 Å². The summed E-state index contributed by atoms with van der Waals surface area (Å²) in [7, 11) is 0. The van der Waals surface area contributed by atoms with Crippen molar-refractivity contribution < 1.29 is 13.2 Å². The average Bonchev–Trinajstić information content (AvgIpc) is 2.35. The maximum absolute atomic E-state index is 12.5. The average molecular weight is 276 g/mol. The number of nitriles is 2. The van der Waals surface area contributed by atoms with Gasteiger partial charge in [0, 0.05) is 12.3 Å². The Bertz CT molecular complexity index is 586. The lowest BCUT2D eigenvalue weighted by Gasteiger charge is -2.30. The quantitative estimate of drug-likeness (QED) is 0.787. The van der Waals surface area contributed by atoms with Crippen LogP contribution in [0.15, 0.2) is 36.4 Å². The number of benzene rings is 1. The molecule has 1 unspecified atom stereocenters. The summed E-state index contributed by atoms with van der Waals surface area (Å²) in [5.74, 6) is -0.153. The predicted octanol–water partition coefficient (Wildman–Crippen LogP) is 3.86. The highest BCUT2D eigenvalue weighted by Gasteiger charge is 2.40. The van der Waals surface area contributed by atoms with Gasteiger partial charge in [-0.15, -0.1) is 0 Å². The molecule has 20 heavy (non-hydrogen) atoms. The van der Waals surface area contributed by atoms with Crippen molar-refractivity contribution in [2.24, 2.45) is 11.3 Å². The van der Waals surface area contributed by atoms with Crippen molar-refractivity contribution in [3.05, 3.63) is 47.5 Å². The summed E-state index contributed by atoms with van der Waals surface area (Å²) in [6, 6.07) is 8.66. The number of alkyl halides is 3. The molecule has 0 N–H and O–H groups in total. The van der Waals surface area contributed by atoms with Gasteiger partial charge in [0.15, 0.2) is 5.41 Å². The standard InChI is InChI=1S/C15H11F3N2/c16-15(17,18)13-6-4-11(5-7-13)8-14(9-19,10-20)12-2-1-3-12/h1-2,4-7,12H,3,8H2. The van der Waals surface area contributed by atoms with Gasteiger partial charge in [-0.1, -0.05) is 24.3 Å². The molecule has 0 amide bonds. The van der Waals surface area contributed by atoms with Crippen LogP contribution in [0, 0.1) is 34.0 Å². The van der Waals surface area contributed by atoms with Gasteiger partial charge in [0.05, 0.1) is 17.7 Å². The van der Waals surface area contributed by atoms with Crippen LogP contribution < -0.4 is 0 Å². The Kier molecular flexibility index (Phi) is 3.55. The van der Waals surface area contributed by atoms with Crippen LogP contribution in [0.4, 0.5) is 13.2 Å². The molecule has 1 aromatic carbocycles. The number of rotatable bonds is 3. The van der Waals surface area contributed by atoms with Crippen LogP contribution in [-0.4, -0.2) is 0 Å². The predicted molar refractivity (Wildman–Crippen MR) is 66.1 cm³/mol. The Morgan fingerprint density at radius 3 is 2.00 bits per heavy atom. The summed E-state index contributed by atoms with van der Waals surface area (Å²) in [5, 5.41) is 18.5. The van der Waals surface area contributed by atoms with Crippen LogP contribution in [-0.2, 0) is 12.6 Å². The van der Waals surface area contributed by atoms with Crippen LogP contribution >= 0.6 is 0 Å². The van der Waals surface area contributed by atoms with Crippen LogP contribution in [0.1, 0.15) is 17.5 Å². The van der Waals surface area contributed by atoms with Gasteiger partial charge >= 0.3 is 6.18 Å². The molecule has 1 aliphatic rings. The van der Waals surface area contributed by atoms with Gasteiger partial charge in [-0.05, 0) is 24.1 Å². The molecule has 1 aliphatic carbocycles. The highest BCUT2D eigenvalue weighted by Crippen LogP contribution is 2.39. The fourth-order valence-electron chi connectivity index (χ4n) is 2.17. The van der Waals surface area contributed by atoms with E-state index in [9.17, 15) is 23.7 Å². The lowest BCUT2D eigenvalue weighted by molar-refractivity contribution is -0.137. The molecule has 0 radical (unpaired) electrons. The Balaban J connectivity index is 2.23. The first-order valence-electron chi connectivity index (χ1n) is 6.06. The maximum Gasteiger partial charge on any atom is 0.416 e. The third-order valence-corrected chi connectivity index (χ3v) is 3.55.